The zero-order chi connectivity index (χ0) is 21.5. The first kappa shape index (κ1) is 20.4. The van der Waals surface area contributed by atoms with Crippen molar-refractivity contribution in [1.82, 2.24) is 30.4 Å². The Hall–Kier alpha value is -3.92. The van der Waals surface area contributed by atoms with E-state index in [2.05, 4.69) is 25.8 Å². The summed E-state index contributed by atoms with van der Waals surface area (Å²) in [5, 5.41) is 13.9. The Morgan fingerprint density at radius 1 is 1.00 bits per heavy atom. The van der Waals surface area contributed by atoms with Gasteiger partial charge in [0, 0.05) is 23.6 Å². The number of furan rings is 1. The van der Waals surface area contributed by atoms with Crippen molar-refractivity contribution in [3.05, 3.63) is 79.0 Å². The van der Waals surface area contributed by atoms with E-state index in [0.717, 1.165) is 11.3 Å². The van der Waals surface area contributed by atoms with Crippen LogP contribution in [0.3, 0.4) is 0 Å². The average Bonchev–Trinajstić information content (AvgIpc) is 3.47. The lowest BCUT2D eigenvalue weighted by molar-refractivity contribution is -0.117. The topological polar surface area (TPSA) is 115 Å². The molecule has 0 unspecified atom stereocenters. The van der Waals surface area contributed by atoms with Crippen molar-refractivity contribution in [3.63, 3.8) is 0 Å². The molecule has 0 fully saturated rings. The molecule has 0 aliphatic carbocycles. The van der Waals surface area contributed by atoms with Gasteiger partial charge < -0.3 is 9.73 Å². The molecule has 156 valence electrons. The van der Waals surface area contributed by atoms with Crippen molar-refractivity contribution in [3.8, 4) is 17.1 Å². The molecule has 2 N–H and O–H groups in total. The van der Waals surface area contributed by atoms with Crippen molar-refractivity contribution in [2.45, 2.75) is 11.7 Å². The molecule has 0 saturated carbocycles. The summed E-state index contributed by atoms with van der Waals surface area (Å²) in [4.78, 5) is 28.2. The second-order valence-corrected chi connectivity index (χ2v) is 7.25. The fraction of sp³-hybridized carbons (Fsp3) is 0.0952. The number of benzene rings is 1. The maximum absolute atomic E-state index is 12.2. The molecular formula is C21H18N6O3S. The minimum absolute atomic E-state index is 0.00448. The predicted molar refractivity (Wildman–Crippen MR) is 114 cm³/mol. The summed E-state index contributed by atoms with van der Waals surface area (Å²) in [5.41, 5.74) is 1.71. The maximum atomic E-state index is 12.2. The molecule has 4 aromatic rings. The molecule has 3 amide bonds. The SMILES string of the molecule is O=C(CSc1nnc(-c2ccncc2)n1-c1ccccc1)NC(=O)NCc1ccco1. The van der Waals surface area contributed by atoms with Gasteiger partial charge in [-0.25, -0.2) is 4.79 Å². The normalized spacial score (nSPS) is 10.6. The number of pyridine rings is 1. The van der Waals surface area contributed by atoms with E-state index < -0.39 is 11.9 Å². The van der Waals surface area contributed by atoms with Crippen LogP contribution in [0.15, 0.2) is 82.8 Å². The number of carbonyl (C=O) groups is 2. The third kappa shape index (κ3) is 5.17. The van der Waals surface area contributed by atoms with Gasteiger partial charge in [-0.05, 0) is 36.4 Å². The van der Waals surface area contributed by atoms with Crippen LogP contribution in [0.1, 0.15) is 5.76 Å². The van der Waals surface area contributed by atoms with Gasteiger partial charge in [-0.2, -0.15) is 0 Å². The Bertz CT molecular complexity index is 1150. The van der Waals surface area contributed by atoms with E-state index in [-0.39, 0.29) is 12.3 Å². The molecule has 0 bridgehead atoms. The molecule has 1 aromatic carbocycles. The van der Waals surface area contributed by atoms with Crippen molar-refractivity contribution >= 4 is 23.7 Å². The number of carbonyl (C=O) groups excluding carboxylic acids is 2. The predicted octanol–water partition coefficient (Wildman–Crippen LogP) is 3.04. The quantitative estimate of drug-likeness (QED) is 0.430. The van der Waals surface area contributed by atoms with Gasteiger partial charge in [0.05, 0.1) is 18.6 Å². The minimum Gasteiger partial charge on any atom is -0.467 e. The van der Waals surface area contributed by atoms with Gasteiger partial charge in [0.25, 0.3) is 0 Å². The lowest BCUT2D eigenvalue weighted by Crippen LogP contribution is -2.39. The molecule has 0 atom stereocenters. The second kappa shape index (κ2) is 9.72. The highest BCUT2D eigenvalue weighted by atomic mass is 32.2. The fourth-order valence-electron chi connectivity index (χ4n) is 2.78. The molecular weight excluding hydrogens is 416 g/mol. The van der Waals surface area contributed by atoms with Crippen molar-refractivity contribution in [2.24, 2.45) is 0 Å². The van der Waals surface area contributed by atoms with Gasteiger partial charge in [-0.3, -0.25) is 19.7 Å². The third-order valence-corrected chi connectivity index (χ3v) is 5.10. The Labute approximate surface area is 181 Å². The molecule has 31 heavy (non-hydrogen) atoms. The van der Waals surface area contributed by atoms with E-state index in [1.54, 1.807) is 24.5 Å². The third-order valence-electron chi connectivity index (χ3n) is 4.17. The summed E-state index contributed by atoms with van der Waals surface area (Å²) >= 11 is 1.19. The standard InChI is InChI=1S/C21H18N6O3S/c28-18(24-20(29)23-13-17-7-4-12-30-17)14-31-21-26-25-19(15-8-10-22-11-9-15)27(21)16-5-2-1-3-6-16/h1-12H,13-14H2,(H2,23,24,28,29). The summed E-state index contributed by atoms with van der Waals surface area (Å²) in [6.07, 6.45) is 4.88. The molecule has 0 saturated heterocycles. The first-order valence-corrected chi connectivity index (χ1v) is 10.3. The summed E-state index contributed by atoms with van der Waals surface area (Å²) in [6, 6.07) is 16.1. The molecule has 3 heterocycles. The molecule has 0 radical (unpaired) electrons. The van der Waals surface area contributed by atoms with Crippen molar-refractivity contribution in [2.75, 3.05) is 5.75 Å². The fourth-order valence-corrected chi connectivity index (χ4v) is 3.53. The van der Waals surface area contributed by atoms with Gasteiger partial charge in [-0.15, -0.1) is 10.2 Å². The van der Waals surface area contributed by atoms with Gasteiger partial charge in [0.2, 0.25) is 5.91 Å². The van der Waals surface area contributed by atoms with Crippen LogP contribution < -0.4 is 10.6 Å². The number of thioether (sulfide) groups is 1. The number of hydrogen-bond donors (Lipinski definition) is 2. The Morgan fingerprint density at radius 3 is 2.55 bits per heavy atom. The first-order valence-electron chi connectivity index (χ1n) is 9.35. The lowest BCUT2D eigenvalue weighted by Gasteiger charge is -2.10. The number of imide groups is 1. The average molecular weight is 434 g/mol. The smallest absolute Gasteiger partial charge is 0.321 e. The highest BCUT2D eigenvalue weighted by Crippen LogP contribution is 2.27. The maximum Gasteiger partial charge on any atom is 0.321 e. The molecule has 4 rings (SSSR count). The second-order valence-electron chi connectivity index (χ2n) is 6.31. The number of hydrogen-bond acceptors (Lipinski definition) is 7. The van der Waals surface area contributed by atoms with Gasteiger partial charge in [0.1, 0.15) is 5.76 Å². The van der Waals surface area contributed by atoms with Crippen LogP contribution in [-0.2, 0) is 11.3 Å². The molecule has 9 nitrogen and oxygen atoms in total. The first-order chi connectivity index (χ1) is 15.2. The highest BCUT2D eigenvalue weighted by molar-refractivity contribution is 7.99. The monoisotopic (exact) mass is 434 g/mol. The van der Waals surface area contributed by atoms with E-state index in [1.165, 1.54) is 18.0 Å². The molecule has 0 spiro atoms. The van der Waals surface area contributed by atoms with E-state index >= 15 is 0 Å². The number of aromatic nitrogens is 4. The number of nitrogens with one attached hydrogen (secondary N) is 2. The molecule has 3 aromatic heterocycles. The molecule has 0 aliphatic rings. The van der Waals surface area contributed by atoms with E-state index in [0.29, 0.717) is 16.7 Å². The van der Waals surface area contributed by atoms with Crippen LogP contribution in [0.2, 0.25) is 0 Å². The zero-order valence-corrected chi connectivity index (χ0v) is 17.1. The van der Waals surface area contributed by atoms with Crippen LogP contribution >= 0.6 is 11.8 Å². The van der Waals surface area contributed by atoms with Gasteiger partial charge >= 0.3 is 6.03 Å². The summed E-state index contributed by atoms with van der Waals surface area (Å²) in [6.45, 7) is 0.191. The van der Waals surface area contributed by atoms with Crippen LogP contribution in [0.4, 0.5) is 4.79 Å². The zero-order valence-electron chi connectivity index (χ0n) is 16.3. The number of nitrogens with zero attached hydrogens (tertiary/aromatic N) is 4. The summed E-state index contributed by atoms with van der Waals surface area (Å²) in [5.74, 6) is 0.773. The lowest BCUT2D eigenvalue weighted by atomic mass is 10.2. The van der Waals surface area contributed by atoms with Crippen LogP contribution in [0.5, 0.6) is 0 Å². The minimum atomic E-state index is -0.594. The number of urea groups is 1. The van der Waals surface area contributed by atoms with E-state index in [4.69, 9.17) is 4.42 Å². The van der Waals surface area contributed by atoms with Crippen molar-refractivity contribution < 1.29 is 14.0 Å². The van der Waals surface area contributed by atoms with E-state index in [9.17, 15) is 9.59 Å². The highest BCUT2D eigenvalue weighted by Gasteiger charge is 2.18. The summed E-state index contributed by atoms with van der Waals surface area (Å²) in [7, 11) is 0. The largest absolute Gasteiger partial charge is 0.467 e. The number of amides is 3. The molecule has 10 heteroatoms. The molecule has 0 aliphatic heterocycles. The van der Waals surface area contributed by atoms with Crippen LogP contribution in [0.25, 0.3) is 17.1 Å². The van der Waals surface area contributed by atoms with Gasteiger partial charge in [-0.1, -0.05) is 30.0 Å². The van der Waals surface area contributed by atoms with Crippen LogP contribution in [-0.4, -0.2) is 37.4 Å². The number of para-hydroxylation sites is 1. The van der Waals surface area contributed by atoms with Gasteiger partial charge in [0.15, 0.2) is 11.0 Å². The van der Waals surface area contributed by atoms with Crippen LogP contribution in [0, 0.1) is 0 Å². The Morgan fingerprint density at radius 2 is 1.81 bits per heavy atom. The Balaban J connectivity index is 1.44. The van der Waals surface area contributed by atoms with Crippen molar-refractivity contribution in [1.29, 1.82) is 0 Å². The summed E-state index contributed by atoms with van der Waals surface area (Å²) < 4.78 is 7.00. The Kier molecular flexibility index (Phi) is 6.38. The van der Waals surface area contributed by atoms with E-state index in [1.807, 2.05) is 47.0 Å². The number of rotatable bonds is 7.